The Morgan fingerprint density at radius 1 is 1.10 bits per heavy atom. The number of nitrogens with one attached hydrogen (secondary N) is 1. The third-order valence-electron chi connectivity index (χ3n) is 4.09. The second kappa shape index (κ2) is 5.40. The van der Waals surface area contributed by atoms with E-state index in [0.29, 0.717) is 0 Å². The molecule has 0 aromatic heterocycles. The van der Waals surface area contributed by atoms with Gasteiger partial charge >= 0.3 is 0 Å². The van der Waals surface area contributed by atoms with Crippen molar-refractivity contribution in [2.45, 2.75) is 18.8 Å². The van der Waals surface area contributed by atoms with Gasteiger partial charge in [-0.3, -0.25) is 0 Å². The van der Waals surface area contributed by atoms with Gasteiger partial charge in [-0.05, 0) is 42.7 Å². The van der Waals surface area contributed by atoms with Crippen LogP contribution >= 0.6 is 23.2 Å². The third kappa shape index (κ3) is 2.58. The molecule has 1 fully saturated rings. The van der Waals surface area contributed by atoms with Crippen LogP contribution in [-0.4, -0.2) is 13.1 Å². The molecule has 1 nitrogen and oxygen atoms in total. The van der Waals surface area contributed by atoms with E-state index in [1.165, 1.54) is 11.1 Å². The Morgan fingerprint density at radius 3 is 2.55 bits per heavy atom. The van der Waals surface area contributed by atoms with Gasteiger partial charge in [0.05, 0.1) is 0 Å². The van der Waals surface area contributed by atoms with Crippen molar-refractivity contribution in [3.8, 4) is 0 Å². The van der Waals surface area contributed by atoms with Crippen LogP contribution in [0.4, 0.5) is 0 Å². The zero-order valence-electron chi connectivity index (χ0n) is 11.4. The summed E-state index contributed by atoms with van der Waals surface area (Å²) >= 11 is 12.4. The molecule has 1 aliphatic heterocycles. The lowest BCUT2D eigenvalue weighted by Gasteiger charge is -2.44. The lowest BCUT2D eigenvalue weighted by atomic mass is 9.70. The monoisotopic (exact) mass is 305 g/mol. The Morgan fingerprint density at radius 2 is 1.90 bits per heavy atom. The van der Waals surface area contributed by atoms with E-state index in [1.54, 1.807) is 0 Å². The highest BCUT2D eigenvalue weighted by Crippen LogP contribution is 2.35. The highest BCUT2D eigenvalue weighted by atomic mass is 35.5. The summed E-state index contributed by atoms with van der Waals surface area (Å²) in [7, 11) is 0. The molecule has 3 rings (SSSR count). The molecule has 3 heteroatoms. The molecule has 2 aromatic rings. The van der Waals surface area contributed by atoms with Crippen LogP contribution in [0.5, 0.6) is 0 Å². The first-order valence-electron chi connectivity index (χ1n) is 6.81. The largest absolute Gasteiger partial charge is 0.315 e. The second-order valence-corrected chi connectivity index (χ2v) is 6.51. The van der Waals surface area contributed by atoms with Crippen molar-refractivity contribution < 1.29 is 0 Å². The molecule has 0 spiro atoms. The molecular formula is C17H17Cl2N. The van der Waals surface area contributed by atoms with Crippen molar-refractivity contribution in [1.29, 1.82) is 0 Å². The fourth-order valence-corrected chi connectivity index (χ4v) is 3.26. The van der Waals surface area contributed by atoms with E-state index in [4.69, 9.17) is 23.2 Å². The van der Waals surface area contributed by atoms with Crippen LogP contribution in [0, 0.1) is 6.92 Å². The second-order valence-electron chi connectivity index (χ2n) is 5.67. The summed E-state index contributed by atoms with van der Waals surface area (Å²) in [4.78, 5) is 0. The molecule has 0 aliphatic carbocycles. The highest BCUT2D eigenvalue weighted by Gasteiger charge is 2.39. The third-order valence-corrected chi connectivity index (χ3v) is 4.70. The Hall–Kier alpha value is -1.02. The average Bonchev–Trinajstić information content (AvgIpc) is 2.38. The summed E-state index contributed by atoms with van der Waals surface area (Å²) in [6.07, 6.45) is 0.919. The maximum atomic E-state index is 6.32. The molecule has 0 unspecified atom stereocenters. The van der Waals surface area contributed by atoms with E-state index in [9.17, 15) is 0 Å². The smallest absolute Gasteiger partial charge is 0.0439 e. The van der Waals surface area contributed by atoms with Gasteiger partial charge in [-0.1, -0.05) is 53.0 Å². The number of rotatable bonds is 3. The van der Waals surface area contributed by atoms with Crippen LogP contribution in [-0.2, 0) is 11.8 Å². The molecule has 0 bridgehead atoms. The molecule has 104 valence electrons. The molecule has 20 heavy (non-hydrogen) atoms. The van der Waals surface area contributed by atoms with E-state index in [0.717, 1.165) is 35.1 Å². The van der Waals surface area contributed by atoms with Gasteiger partial charge in [-0.15, -0.1) is 0 Å². The minimum Gasteiger partial charge on any atom is -0.315 e. The minimum atomic E-state index is 0.139. The van der Waals surface area contributed by atoms with E-state index in [-0.39, 0.29) is 5.41 Å². The summed E-state index contributed by atoms with van der Waals surface area (Å²) < 4.78 is 0. The van der Waals surface area contributed by atoms with E-state index in [1.807, 2.05) is 18.2 Å². The molecule has 0 amide bonds. The minimum absolute atomic E-state index is 0.139. The lowest BCUT2D eigenvalue weighted by molar-refractivity contribution is 0.274. The lowest BCUT2D eigenvalue weighted by Crippen LogP contribution is -2.58. The van der Waals surface area contributed by atoms with E-state index in [2.05, 4.69) is 36.5 Å². The zero-order valence-corrected chi connectivity index (χ0v) is 12.9. The summed E-state index contributed by atoms with van der Waals surface area (Å²) in [5, 5.41) is 4.94. The molecule has 1 saturated heterocycles. The molecule has 1 heterocycles. The quantitative estimate of drug-likeness (QED) is 0.887. The van der Waals surface area contributed by atoms with Crippen LogP contribution in [0.15, 0.2) is 42.5 Å². The SMILES string of the molecule is Cc1cccc(C2(Cc3cc(Cl)ccc3Cl)CNC2)c1. The molecule has 0 atom stereocenters. The fraction of sp³-hybridized carbons (Fsp3) is 0.294. The maximum absolute atomic E-state index is 6.32. The summed E-state index contributed by atoms with van der Waals surface area (Å²) in [6, 6.07) is 14.5. The van der Waals surface area contributed by atoms with Gasteiger partial charge < -0.3 is 5.32 Å². The Kier molecular flexibility index (Phi) is 3.76. The summed E-state index contributed by atoms with van der Waals surface area (Å²) in [5.74, 6) is 0. The van der Waals surface area contributed by atoms with Gasteiger partial charge in [0.15, 0.2) is 0 Å². The van der Waals surface area contributed by atoms with Crippen molar-refractivity contribution in [1.82, 2.24) is 5.32 Å². The number of hydrogen-bond donors (Lipinski definition) is 1. The molecule has 2 aromatic carbocycles. The standard InChI is InChI=1S/C17H17Cl2N/c1-12-3-2-4-14(7-12)17(10-20-11-17)9-13-8-15(18)5-6-16(13)19/h2-8,20H,9-11H2,1H3. The molecular weight excluding hydrogens is 289 g/mol. The Bertz CT molecular complexity index is 633. The zero-order chi connectivity index (χ0) is 14.2. The van der Waals surface area contributed by atoms with Crippen molar-refractivity contribution in [2.24, 2.45) is 0 Å². The fourth-order valence-electron chi connectivity index (χ4n) is 2.88. The van der Waals surface area contributed by atoms with Crippen molar-refractivity contribution in [3.05, 3.63) is 69.2 Å². The first-order valence-corrected chi connectivity index (χ1v) is 7.56. The van der Waals surface area contributed by atoms with Crippen molar-refractivity contribution >= 4 is 23.2 Å². The predicted molar refractivity (Wildman–Crippen MR) is 85.9 cm³/mol. The highest BCUT2D eigenvalue weighted by molar-refractivity contribution is 6.33. The van der Waals surface area contributed by atoms with Crippen molar-refractivity contribution in [3.63, 3.8) is 0 Å². The molecule has 0 saturated carbocycles. The van der Waals surface area contributed by atoms with Crippen LogP contribution < -0.4 is 5.32 Å². The first-order chi connectivity index (χ1) is 9.59. The number of hydrogen-bond acceptors (Lipinski definition) is 1. The van der Waals surface area contributed by atoms with Crippen LogP contribution in [0.3, 0.4) is 0 Å². The van der Waals surface area contributed by atoms with Gasteiger partial charge in [-0.25, -0.2) is 0 Å². The normalized spacial score (nSPS) is 16.8. The average molecular weight is 306 g/mol. The van der Waals surface area contributed by atoms with Crippen LogP contribution in [0.25, 0.3) is 0 Å². The van der Waals surface area contributed by atoms with Gasteiger partial charge in [0.25, 0.3) is 0 Å². The van der Waals surface area contributed by atoms with E-state index < -0.39 is 0 Å². The number of benzene rings is 2. The Balaban J connectivity index is 1.96. The van der Waals surface area contributed by atoms with Crippen LogP contribution in [0.2, 0.25) is 10.0 Å². The van der Waals surface area contributed by atoms with Crippen molar-refractivity contribution in [2.75, 3.05) is 13.1 Å². The van der Waals surface area contributed by atoms with Gasteiger partial charge in [-0.2, -0.15) is 0 Å². The molecule has 1 N–H and O–H groups in total. The predicted octanol–water partition coefficient (Wildman–Crippen LogP) is 4.39. The van der Waals surface area contributed by atoms with Crippen LogP contribution in [0.1, 0.15) is 16.7 Å². The molecule has 0 radical (unpaired) electrons. The topological polar surface area (TPSA) is 12.0 Å². The van der Waals surface area contributed by atoms with Gasteiger partial charge in [0, 0.05) is 28.5 Å². The first kappa shape index (κ1) is 13.9. The van der Waals surface area contributed by atoms with E-state index >= 15 is 0 Å². The number of halogens is 2. The van der Waals surface area contributed by atoms with Gasteiger partial charge in [0.2, 0.25) is 0 Å². The number of aryl methyl sites for hydroxylation is 1. The molecule has 1 aliphatic rings. The maximum Gasteiger partial charge on any atom is 0.0439 e. The Labute approximate surface area is 129 Å². The summed E-state index contributed by atoms with van der Waals surface area (Å²) in [6.45, 7) is 4.11. The summed E-state index contributed by atoms with van der Waals surface area (Å²) in [5.41, 5.74) is 3.95. The van der Waals surface area contributed by atoms with Gasteiger partial charge in [0.1, 0.15) is 0 Å².